The van der Waals surface area contributed by atoms with Crippen LogP contribution in [0.1, 0.15) is 59.1 Å². The summed E-state index contributed by atoms with van der Waals surface area (Å²) in [6, 6.07) is 2.05. The van der Waals surface area contributed by atoms with Crippen LogP contribution in [0.4, 0.5) is 0 Å². The van der Waals surface area contributed by atoms with E-state index < -0.39 is 5.97 Å². The zero-order chi connectivity index (χ0) is 15.2. The summed E-state index contributed by atoms with van der Waals surface area (Å²) in [5.41, 5.74) is 1.36. The Hall–Kier alpha value is -1.36. The number of unbranched alkanes of at least 4 members (excludes halogenated alkanes) is 1. The van der Waals surface area contributed by atoms with Crippen LogP contribution < -0.4 is 5.32 Å². The Morgan fingerprint density at radius 2 is 2.24 bits per heavy atom. The molecule has 4 nitrogen and oxygen atoms in total. The van der Waals surface area contributed by atoms with Gasteiger partial charge in [-0.3, -0.25) is 9.59 Å². The van der Waals surface area contributed by atoms with Gasteiger partial charge in [-0.05, 0) is 49.7 Å². The Kier molecular flexibility index (Phi) is 5.79. The highest BCUT2D eigenvalue weighted by Gasteiger charge is 2.21. The van der Waals surface area contributed by atoms with Gasteiger partial charge in [0.1, 0.15) is 0 Å². The maximum atomic E-state index is 12.1. The van der Waals surface area contributed by atoms with Crippen molar-refractivity contribution >= 4 is 23.2 Å². The summed E-state index contributed by atoms with van der Waals surface area (Å²) in [5, 5.41) is 11.4. The van der Waals surface area contributed by atoms with Crippen LogP contribution in [-0.4, -0.2) is 23.5 Å². The van der Waals surface area contributed by atoms with E-state index in [0.29, 0.717) is 19.4 Å². The molecule has 1 amide bonds. The van der Waals surface area contributed by atoms with Crippen molar-refractivity contribution in [2.75, 3.05) is 6.54 Å². The number of nitrogens with one attached hydrogen (secondary N) is 1. The van der Waals surface area contributed by atoms with Crippen LogP contribution in [0.15, 0.2) is 6.07 Å². The number of carbonyl (C=O) groups excluding carboxylic acids is 1. The molecule has 1 aliphatic carbocycles. The van der Waals surface area contributed by atoms with Gasteiger partial charge in [-0.25, -0.2) is 0 Å². The Morgan fingerprint density at radius 3 is 2.95 bits per heavy atom. The molecular formula is C16H23NO3S. The number of carboxylic acid groups (broad SMARTS) is 1. The predicted octanol–water partition coefficient (Wildman–Crippen LogP) is 3.25. The molecule has 1 aromatic rings. The number of amides is 1. The van der Waals surface area contributed by atoms with Gasteiger partial charge >= 0.3 is 5.97 Å². The number of hydrogen-bond donors (Lipinski definition) is 2. The van der Waals surface area contributed by atoms with Crippen molar-refractivity contribution in [3.8, 4) is 0 Å². The standard InChI is InChI=1S/C16H23NO3S/c1-2-11-6-7-13-12(9-11)10-14(21-13)16(20)17-8-4-3-5-15(18)19/h10-11H,2-9H2,1H3,(H,17,20)(H,18,19). The molecule has 21 heavy (non-hydrogen) atoms. The molecule has 5 heteroatoms. The van der Waals surface area contributed by atoms with Crippen molar-refractivity contribution in [3.05, 3.63) is 21.4 Å². The molecule has 0 radical (unpaired) electrons. The Morgan fingerprint density at radius 1 is 1.43 bits per heavy atom. The third-order valence-corrected chi connectivity index (χ3v) is 5.32. The van der Waals surface area contributed by atoms with Gasteiger partial charge < -0.3 is 10.4 Å². The zero-order valence-corrected chi connectivity index (χ0v) is 13.3. The van der Waals surface area contributed by atoms with E-state index in [2.05, 4.69) is 18.3 Å². The van der Waals surface area contributed by atoms with E-state index in [9.17, 15) is 9.59 Å². The van der Waals surface area contributed by atoms with E-state index in [4.69, 9.17) is 5.11 Å². The molecule has 1 aliphatic rings. The molecule has 2 rings (SSSR count). The third-order valence-electron chi connectivity index (χ3n) is 4.09. The van der Waals surface area contributed by atoms with E-state index in [-0.39, 0.29) is 12.3 Å². The maximum Gasteiger partial charge on any atom is 0.303 e. The molecule has 0 saturated heterocycles. The minimum absolute atomic E-state index is 0.0160. The summed E-state index contributed by atoms with van der Waals surface area (Å²) >= 11 is 1.62. The zero-order valence-electron chi connectivity index (χ0n) is 12.5. The Labute approximate surface area is 129 Å². The first-order valence-corrected chi connectivity index (χ1v) is 8.53. The molecule has 116 valence electrons. The monoisotopic (exact) mass is 309 g/mol. The van der Waals surface area contributed by atoms with Crippen LogP contribution in [0.2, 0.25) is 0 Å². The van der Waals surface area contributed by atoms with Gasteiger partial charge in [-0.2, -0.15) is 0 Å². The lowest BCUT2D eigenvalue weighted by Crippen LogP contribution is -2.23. The molecule has 0 spiro atoms. The van der Waals surface area contributed by atoms with Gasteiger partial charge in [0, 0.05) is 17.8 Å². The number of carbonyl (C=O) groups is 2. The summed E-state index contributed by atoms with van der Waals surface area (Å²) in [7, 11) is 0. The van der Waals surface area contributed by atoms with Crippen LogP contribution in [0.3, 0.4) is 0 Å². The number of aryl methyl sites for hydroxylation is 1. The van der Waals surface area contributed by atoms with Crippen LogP contribution in [0.25, 0.3) is 0 Å². The smallest absolute Gasteiger partial charge is 0.303 e. The summed E-state index contributed by atoms with van der Waals surface area (Å²) in [4.78, 5) is 24.7. The Bertz CT molecular complexity index is 510. The number of rotatable bonds is 7. The molecule has 0 aliphatic heterocycles. The predicted molar refractivity (Wildman–Crippen MR) is 83.9 cm³/mol. The van der Waals surface area contributed by atoms with Gasteiger partial charge in [-0.1, -0.05) is 13.3 Å². The van der Waals surface area contributed by atoms with E-state index >= 15 is 0 Å². The van der Waals surface area contributed by atoms with Crippen molar-refractivity contribution in [2.24, 2.45) is 5.92 Å². The maximum absolute atomic E-state index is 12.1. The largest absolute Gasteiger partial charge is 0.481 e. The molecule has 2 N–H and O–H groups in total. The summed E-state index contributed by atoms with van der Waals surface area (Å²) in [6.07, 6.45) is 6.14. The number of aliphatic carboxylic acids is 1. The van der Waals surface area contributed by atoms with Crippen LogP contribution in [0.5, 0.6) is 0 Å². The van der Waals surface area contributed by atoms with E-state index in [1.54, 1.807) is 11.3 Å². The number of hydrogen-bond acceptors (Lipinski definition) is 3. The first-order chi connectivity index (χ1) is 10.1. The highest BCUT2D eigenvalue weighted by Crippen LogP contribution is 2.33. The minimum atomic E-state index is -0.780. The molecule has 0 fully saturated rings. The van der Waals surface area contributed by atoms with Gasteiger partial charge in [0.15, 0.2) is 0 Å². The average Bonchev–Trinajstić information content (AvgIpc) is 2.89. The molecule has 0 bridgehead atoms. The van der Waals surface area contributed by atoms with Crippen molar-refractivity contribution in [3.63, 3.8) is 0 Å². The van der Waals surface area contributed by atoms with Crippen molar-refractivity contribution in [1.29, 1.82) is 0 Å². The van der Waals surface area contributed by atoms with E-state index in [1.165, 1.54) is 23.3 Å². The van der Waals surface area contributed by atoms with Crippen LogP contribution >= 0.6 is 11.3 Å². The molecule has 1 unspecified atom stereocenters. The lowest BCUT2D eigenvalue weighted by atomic mass is 9.87. The number of fused-ring (bicyclic) bond motifs is 1. The molecular weight excluding hydrogens is 286 g/mol. The van der Waals surface area contributed by atoms with Crippen molar-refractivity contribution < 1.29 is 14.7 Å². The fourth-order valence-electron chi connectivity index (χ4n) is 2.75. The first kappa shape index (κ1) is 16.0. The van der Waals surface area contributed by atoms with E-state index in [1.807, 2.05) is 0 Å². The van der Waals surface area contributed by atoms with Crippen molar-refractivity contribution in [2.45, 2.75) is 51.9 Å². The lowest BCUT2D eigenvalue weighted by Gasteiger charge is -2.19. The first-order valence-electron chi connectivity index (χ1n) is 7.71. The summed E-state index contributed by atoms with van der Waals surface area (Å²) in [5.74, 6) is -0.0328. The highest BCUT2D eigenvalue weighted by atomic mass is 32.1. The lowest BCUT2D eigenvalue weighted by molar-refractivity contribution is -0.137. The van der Waals surface area contributed by atoms with E-state index in [0.717, 1.165) is 23.6 Å². The number of thiophene rings is 1. The average molecular weight is 309 g/mol. The van der Waals surface area contributed by atoms with Crippen LogP contribution in [-0.2, 0) is 17.6 Å². The fourth-order valence-corrected chi connectivity index (χ4v) is 3.87. The second kappa shape index (κ2) is 7.59. The molecule has 1 aromatic heterocycles. The van der Waals surface area contributed by atoms with Crippen LogP contribution in [0, 0.1) is 5.92 Å². The normalized spacial score (nSPS) is 17.3. The quantitative estimate of drug-likeness (QED) is 0.760. The summed E-state index contributed by atoms with van der Waals surface area (Å²) in [6.45, 7) is 2.78. The Balaban J connectivity index is 1.81. The van der Waals surface area contributed by atoms with Crippen molar-refractivity contribution in [1.82, 2.24) is 5.32 Å². The number of carboxylic acids is 1. The minimum Gasteiger partial charge on any atom is -0.481 e. The molecule has 0 saturated carbocycles. The van der Waals surface area contributed by atoms with Gasteiger partial charge in [0.05, 0.1) is 4.88 Å². The second-order valence-corrected chi connectivity index (χ2v) is 6.82. The van der Waals surface area contributed by atoms with Gasteiger partial charge in [0.2, 0.25) is 0 Å². The summed E-state index contributed by atoms with van der Waals surface area (Å²) < 4.78 is 0. The van der Waals surface area contributed by atoms with Gasteiger partial charge in [0.25, 0.3) is 5.91 Å². The molecule has 1 heterocycles. The molecule has 1 atom stereocenters. The molecule has 0 aromatic carbocycles. The fraction of sp³-hybridized carbons (Fsp3) is 0.625. The van der Waals surface area contributed by atoms with Gasteiger partial charge in [-0.15, -0.1) is 11.3 Å². The SMILES string of the molecule is CCC1CCc2sc(C(=O)NCCCCC(=O)O)cc2C1. The highest BCUT2D eigenvalue weighted by molar-refractivity contribution is 7.14. The topological polar surface area (TPSA) is 66.4 Å². The third kappa shape index (κ3) is 4.56. The second-order valence-electron chi connectivity index (χ2n) is 5.68.